The molecule has 3 aromatic rings. The molecule has 4 rings (SSSR count). The van der Waals surface area contributed by atoms with Crippen LogP contribution in [0.2, 0.25) is 0 Å². The van der Waals surface area contributed by atoms with Crippen LogP contribution in [0, 0.1) is 0 Å². The minimum absolute atomic E-state index is 0. The summed E-state index contributed by atoms with van der Waals surface area (Å²) in [7, 11) is 3.37. The first-order valence-electron chi connectivity index (χ1n) is 12.0. The number of halogens is 2. The summed E-state index contributed by atoms with van der Waals surface area (Å²) in [6.45, 7) is 10.2. The molecular formula is C30H38Cl2N2O2. The van der Waals surface area contributed by atoms with Crippen LogP contribution in [0.5, 0.6) is 11.5 Å². The summed E-state index contributed by atoms with van der Waals surface area (Å²) in [5.74, 6) is 1.54. The third-order valence-corrected chi connectivity index (χ3v) is 6.94. The highest BCUT2D eigenvalue weighted by Gasteiger charge is 2.40. The minimum atomic E-state index is -0.0617. The highest BCUT2D eigenvalue weighted by atomic mass is 35.5. The van der Waals surface area contributed by atoms with E-state index in [-0.39, 0.29) is 36.4 Å². The third kappa shape index (κ3) is 6.63. The van der Waals surface area contributed by atoms with Crippen LogP contribution in [0.1, 0.15) is 29.7 Å². The Kier molecular flexibility index (Phi) is 11.3. The van der Waals surface area contributed by atoms with Gasteiger partial charge >= 0.3 is 0 Å². The van der Waals surface area contributed by atoms with Crippen LogP contribution in [-0.2, 0) is 6.42 Å². The van der Waals surface area contributed by atoms with Gasteiger partial charge in [0.25, 0.3) is 0 Å². The Balaban J connectivity index is 0.00000228. The number of piperazine rings is 1. The first kappa shape index (κ1) is 29.7. The molecule has 36 heavy (non-hydrogen) atoms. The average molecular weight is 530 g/mol. The maximum Gasteiger partial charge on any atom is 0.160 e. The third-order valence-electron chi connectivity index (χ3n) is 6.94. The Bertz CT molecular complexity index is 1040. The lowest BCUT2D eigenvalue weighted by molar-refractivity contribution is 0.00321. The van der Waals surface area contributed by atoms with Gasteiger partial charge in [-0.2, -0.15) is 0 Å². The van der Waals surface area contributed by atoms with Gasteiger partial charge in [-0.05, 0) is 42.2 Å². The smallest absolute Gasteiger partial charge is 0.160 e. The lowest BCUT2D eigenvalue weighted by Gasteiger charge is -2.51. The van der Waals surface area contributed by atoms with Crippen LogP contribution in [-0.4, -0.2) is 55.7 Å². The average Bonchev–Trinajstić information content (AvgIpc) is 2.87. The van der Waals surface area contributed by atoms with Gasteiger partial charge in [0, 0.05) is 31.7 Å². The van der Waals surface area contributed by atoms with E-state index in [1.807, 2.05) is 12.1 Å². The number of hydrogen-bond donors (Lipinski definition) is 0. The molecule has 0 spiro atoms. The van der Waals surface area contributed by atoms with E-state index in [1.54, 1.807) is 14.2 Å². The lowest BCUT2D eigenvalue weighted by atomic mass is 9.86. The molecule has 1 heterocycles. The Morgan fingerprint density at radius 1 is 0.861 bits per heavy atom. The Labute approximate surface area is 228 Å². The van der Waals surface area contributed by atoms with E-state index >= 15 is 0 Å². The summed E-state index contributed by atoms with van der Waals surface area (Å²) in [6, 6.07) is 28.2. The van der Waals surface area contributed by atoms with E-state index in [0.29, 0.717) is 0 Å². The standard InChI is InChI=1S/C30H36N2O2.2ClH/c1-5-18-32-20-19-31(29(25-12-8-6-9-13-25)26-14-10-7-11-15-26)23-30(32,2)22-24-16-17-27(33-3)28(21-24)34-4;;/h5-17,21,29H,1,18-20,22-23H2,2-4H3;2*1H. The van der Waals surface area contributed by atoms with Crippen LogP contribution in [0.4, 0.5) is 0 Å². The monoisotopic (exact) mass is 528 g/mol. The van der Waals surface area contributed by atoms with E-state index in [1.165, 1.54) is 16.7 Å². The van der Waals surface area contributed by atoms with E-state index in [0.717, 1.165) is 44.1 Å². The Morgan fingerprint density at radius 3 is 1.97 bits per heavy atom. The molecule has 1 unspecified atom stereocenters. The second kappa shape index (κ2) is 13.7. The number of benzene rings is 3. The molecule has 0 amide bonds. The van der Waals surface area contributed by atoms with Crippen molar-refractivity contribution in [1.29, 1.82) is 0 Å². The molecule has 0 aliphatic carbocycles. The molecule has 1 fully saturated rings. The maximum absolute atomic E-state index is 5.58. The summed E-state index contributed by atoms with van der Waals surface area (Å²) >= 11 is 0. The molecule has 1 saturated heterocycles. The molecule has 0 bridgehead atoms. The zero-order chi connectivity index (χ0) is 24.0. The van der Waals surface area contributed by atoms with Gasteiger partial charge in [-0.3, -0.25) is 9.80 Å². The molecule has 1 aliphatic rings. The number of methoxy groups -OCH3 is 2. The lowest BCUT2D eigenvalue weighted by Crippen LogP contribution is -2.62. The predicted octanol–water partition coefficient (Wildman–Crippen LogP) is 6.44. The fourth-order valence-corrected chi connectivity index (χ4v) is 5.31. The van der Waals surface area contributed by atoms with Gasteiger partial charge in [-0.1, -0.05) is 72.8 Å². The molecule has 6 heteroatoms. The van der Waals surface area contributed by atoms with Gasteiger partial charge < -0.3 is 9.47 Å². The van der Waals surface area contributed by atoms with Crippen molar-refractivity contribution in [3.63, 3.8) is 0 Å². The fraction of sp³-hybridized carbons (Fsp3) is 0.333. The van der Waals surface area contributed by atoms with E-state index in [2.05, 4.69) is 96.1 Å². The molecule has 0 N–H and O–H groups in total. The van der Waals surface area contributed by atoms with Crippen molar-refractivity contribution in [3.8, 4) is 11.5 Å². The number of rotatable bonds is 9. The van der Waals surface area contributed by atoms with Gasteiger partial charge in [0.15, 0.2) is 11.5 Å². The first-order chi connectivity index (χ1) is 16.6. The van der Waals surface area contributed by atoms with Crippen LogP contribution in [0.15, 0.2) is 91.5 Å². The van der Waals surface area contributed by atoms with Crippen molar-refractivity contribution in [2.24, 2.45) is 0 Å². The summed E-state index contributed by atoms with van der Waals surface area (Å²) in [5, 5.41) is 0. The molecule has 1 aliphatic heterocycles. The van der Waals surface area contributed by atoms with Crippen molar-refractivity contribution in [1.82, 2.24) is 9.80 Å². The van der Waals surface area contributed by atoms with Gasteiger partial charge in [0.05, 0.1) is 20.3 Å². The predicted molar refractivity (Wildman–Crippen MR) is 154 cm³/mol. The molecule has 0 radical (unpaired) electrons. The summed E-state index contributed by atoms with van der Waals surface area (Å²) < 4.78 is 11.0. The van der Waals surface area contributed by atoms with Crippen LogP contribution in [0.3, 0.4) is 0 Å². The van der Waals surface area contributed by atoms with Crippen LogP contribution >= 0.6 is 24.8 Å². The van der Waals surface area contributed by atoms with Gasteiger partial charge in [0.2, 0.25) is 0 Å². The summed E-state index contributed by atoms with van der Waals surface area (Å²) in [5.41, 5.74) is 3.85. The quantitative estimate of drug-likeness (QED) is 0.298. The molecule has 0 saturated carbocycles. The summed E-state index contributed by atoms with van der Waals surface area (Å²) in [4.78, 5) is 5.21. The number of ether oxygens (including phenoxy) is 2. The topological polar surface area (TPSA) is 24.9 Å². The molecule has 3 aromatic carbocycles. The van der Waals surface area contributed by atoms with E-state index in [9.17, 15) is 0 Å². The minimum Gasteiger partial charge on any atom is -0.493 e. The fourth-order valence-electron chi connectivity index (χ4n) is 5.31. The molecule has 4 nitrogen and oxygen atoms in total. The van der Waals surface area contributed by atoms with Crippen molar-refractivity contribution in [3.05, 3.63) is 108 Å². The largest absolute Gasteiger partial charge is 0.493 e. The van der Waals surface area contributed by atoms with Gasteiger partial charge in [-0.25, -0.2) is 0 Å². The second-order valence-corrected chi connectivity index (χ2v) is 9.29. The first-order valence-corrected chi connectivity index (χ1v) is 12.0. The van der Waals surface area contributed by atoms with Gasteiger partial charge in [-0.15, -0.1) is 31.4 Å². The second-order valence-electron chi connectivity index (χ2n) is 9.29. The zero-order valence-electron chi connectivity index (χ0n) is 21.4. The molecule has 0 aromatic heterocycles. The van der Waals surface area contributed by atoms with Gasteiger partial charge in [0.1, 0.15) is 0 Å². The van der Waals surface area contributed by atoms with Crippen molar-refractivity contribution >= 4 is 24.8 Å². The number of nitrogens with zero attached hydrogens (tertiary/aromatic N) is 2. The van der Waals surface area contributed by atoms with Crippen molar-refractivity contribution in [2.75, 3.05) is 40.4 Å². The van der Waals surface area contributed by atoms with Crippen molar-refractivity contribution < 1.29 is 9.47 Å². The number of hydrogen-bond acceptors (Lipinski definition) is 4. The molecule has 1 atom stereocenters. The van der Waals surface area contributed by atoms with E-state index in [4.69, 9.17) is 9.47 Å². The van der Waals surface area contributed by atoms with E-state index < -0.39 is 0 Å². The normalized spacial score (nSPS) is 18.1. The zero-order valence-corrected chi connectivity index (χ0v) is 23.1. The highest BCUT2D eigenvalue weighted by molar-refractivity contribution is 5.85. The maximum atomic E-state index is 5.58. The van der Waals surface area contributed by atoms with Crippen molar-refractivity contribution in [2.45, 2.75) is 24.9 Å². The highest BCUT2D eigenvalue weighted by Crippen LogP contribution is 2.36. The van der Waals surface area contributed by atoms with Crippen LogP contribution in [0.25, 0.3) is 0 Å². The molecular weight excluding hydrogens is 491 g/mol. The molecule has 194 valence electrons. The Hall–Kier alpha value is -2.50. The SMILES string of the molecule is C=CCN1CCN(C(c2ccccc2)c2ccccc2)CC1(C)Cc1ccc(OC)c(OC)c1.Cl.Cl. The summed E-state index contributed by atoms with van der Waals surface area (Å²) in [6.07, 6.45) is 2.93. The Morgan fingerprint density at radius 2 is 1.44 bits per heavy atom. The van der Waals surface area contributed by atoms with Crippen LogP contribution < -0.4 is 9.47 Å².